The van der Waals surface area contributed by atoms with E-state index in [9.17, 15) is 9.59 Å². The lowest BCUT2D eigenvalue weighted by Gasteiger charge is -2.16. The van der Waals surface area contributed by atoms with Crippen LogP contribution in [0.5, 0.6) is 0 Å². The lowest BCUT2D eigenvalue weighted by atomic mass is 10.2. The van der Waals surface area contributed by atoms with Crippen molar-refractivity contribution in [1.29, 1.82) is 0 Å². The van der Waals surface area contributed by atoms with Crippen molar-refractivity contribution in [2.24, 2.45) is 7.05 Å². The van der Waals surface area contributed by atoms with Gasteiger partial charge >= 0.3 is 5.97 Å². The molecule has 0 bridgehead atoms. The van der Waals surface area contributed by atoms with Gasteiger partial charge in [-0.05, 0) is 13.8 Å². The SMILES string of the molecule is Cc1c(C(=O)OC(C)C(=O)N(C)C)cnn1C. The highest BCUT2D eigenvalue weighted by molar-refractivity contribution is 5.92. The van der Waals surface area contributed by atoms with Crippen LogP contribution >= 0.6 is 0 Å². The number of aromatic nitrogens is 2. The molecule has 6 nitrogen and oxygen atoms in total. The first kappa shape index (κ1) is 13.2. The molecule has 94 valence electrons. The van der Waals surface area contributed by atoms with E-state index in [0.717, 1.165) is 0 Å². The number of hydrogen-bond donors (Lipinski definition) is 0. The van der Waals surface area contributed by atoms with E-state index in [0.29, 0.717) is 11.3 Å². The molecule has 0 N–H and O–H groups in total. The molecule has 0 saturated heterocycles. The van der Waals surface area contributed by atoms with E-state index in [1.54, 1.807) is 39.7 Å². The molecular weight excluding hydrogens is 222 g/mol. The molecule has 1 heterocycles. The van der Waals surface area contributed by atoms with Crippen molar-refractivity contribution < 1.29 is 14.3 Å². The van der Waals surface area contributed by atoms with Gasteiger partial charge in [-0.15, -0.1) is 0 Å². The molecule has 1 atom stereocenters. The Morgan fingerprint density at radius 2 is 2.06 bits per heavy atom. The summed E-state index contributed by atoms with van der Waals surface area (Å²) >= 11 is 0. The van der Waals surface area contributed by atoms with Gasteiger partial charge in [0.2, 0.25) is 0 Å². The Balaban J connectivity index is 2.74. The van der Waals surface area contributed by atoms with Gasteiger partial charge in [-0.1, -0.05) is 0 Å². The van der Waals surface area contributed by atoms with Gasteiger partial charge in [0.25, 0.3) is 5.91 Å². The van der Waals surface area contributed by atoms with Crippen molar-refractivity contribution in [2.75, 3.05) is 14.1 Å². The van der Waals surface area contributed by atoms with E-state index >= 15 is 0 Å². The molecule has 0 spiro atoms. The maximum Gasteiger partial charge on any atom is 0.342 e. The zero-order valence-electron chi connectivity index (χ0n) is 10.7. The van der Waals surface area contributed by atoms with Crippen molar-refractivity contribution in [3.05, 3.63) is 17.5 Å². The van der Waals surface area contributed by atoms with Gasteiger partial charge in [0.1, 0.15) is 5.56 Å². The normalized spacial score (nSPS) is 12.1. The Morgan fingerprint density at radius 1 is 1.47 bits per heavy atom. The Morgan fingerprint density at radius 3 is 2.47 bits per heavy atom. The van der Waals surface area contributed by atoms with Gasteiger partial charge in [-0.3, -0.25) is 9.48 Å². The molecule has 1 aromatic heterocycles. The van der Waals surface area contributed by atoms with E-state index in [-0.39, 0.29) is 5.91 Å². The summed E-state index contributed by atoms with van der Waals surface area (Å²) in [6, 6.07) is 0. The fourth-order valence-corrected chi connectivity index (χ4v) is 1.34. The van der Waals surface area contributed by atoms with Crippen LogP contribution in [0.1, 0.15) is 23.0 Å². The Labute approximate surface area is 100 Å². The third-order valence-corrected chi connectivity index (χ3v) is 2.53. The van der Waals surface area contributed by atoms with E-state index in [2.05, 4.69) is 5.10 Å². The average molecular weight is 239 g/mol. The molecule has 0 aliphatic heterocycles. The van der Waals surface area contributed by atoms with E-state index in [1.165, 1.54) is 11.1 Å². The highest BCUT2D eigenvalue weighted by Crippen LogP contribution is 2.09. The molecule has 0 aromatic carbocycles. The highest BCUT2D eigenvalue weighted by Gasteiger charge is 2.22. The number of carbonyl (C=O) groups excluding carboxylic acids is 2. The van der Waals surface area contributed by atoms with Crippen LogP contribution in [0.15, 0.2) is 6.20 Å². The summed E-state index contributed by atoms with van der Waals surface area (Å²) < 4.78 is 6.65. The summed E-state index contributed by atoms with van der Waals surface area (Å²) in [5.41, 5.74) is 1.09. The second-order valence-electron chi connectivity index (χ2n) is 4.05. The summed E-state index contributed by atoms with van der Waals surface area (Å²) in [6.45, 7) is 3.31. The number of ether oxygens (including phenoxy) is 1. The monoisotopic (exact) mass is 239 g/mol. The molecule has 1 unspecified atom stereocenters. The van der Waals surface area contributed by atoms with Crippen LogP contribution in [0.4, 0.5) is 0 Å². The molecule has 0 aliphatic carbocycles. The number of aryl methyl sites for hydroxylation is 1. The summed E-state index contributed by atoms with van der Waals surface area (Å²) in [5.74, 6) is -0.779. The van der Waals surface area contributed by atoms with Crippen LogP contribution in [0, 0.1) is 6.92 Å². The topological polar surface area (TPSA) is 64.4 Å². The molecule has 1 aromatic rings. The first-order valence-electron chi connectivity index (χ1n) is 5.25. The number of carbonyl (C=O) groups is 2. The maximum absolute atomic E-state index is 11.8. The number of nitrogens with zero attached hydrogens (tertiary/aromatic N) is 3. The Kier molecular flexibility index (Phi) is 3.88. The van der Waals surface area contributed by atoms with Crippen LogP contribution in [-0.2, 0) is 16.6 Å². The standard InChI is InChI=1S/C11H17N3O3/c1-7-9(6-12-14(7)5)11(16)17-8(2)10(15)13(3)4/h6,8H,1-5H3. The predicted molar refractivity (Wildman–Crippen MR) is 61.5 cm³/mol. The minimum absolute atomic E-state index is 0.250. The number of likely N-dealkylation sites (N-methyl/N-ethyl adjacent to an activating group) is 1. The van der Waals surface area contributed by atoms with E-state index in [1.807, 2.05) is 0 Å². The smallest absolute Gasteiger partial charge is 0.342 e. The lowest BCUT2D eigenvalue weighted by Crippen LogP contribution is -2.35. The van der Waals surface area contributed by atoms with Crippen LogP contribution < -0.4 is 0 Å². The third kappa shape index (κ3) is 2.83. The van der Waals surface area contributed by atoms with Crippen molar-refractivity contribution in [3.63, 3.8) is 0 Å². The van der Waals surface area contributed by atoms with Gasteiger partial charge in [0.05, 0.1) is 6.20 Å². The van der Waals surface area contributed by atoms with Crippen molar-refractivity contribution >= 4 is 11.9 Å². The maximum atomic E-state index is 11.8. The van der Waals surface area contributed by atoms with Gasteiger partial charge in [0.15, 0.2) is 6.10 Å². The fraction of sp³-hybridized carbons (Fsp3) is 0.545. The zero-order valence-corrected chi connectivity index (χ0v) is 10.7. The van der Waals surface area contributed by atoms with Gasteiger partial charge < -0.3 is 9.64 Å². The minimum Gasteiger partial charge on any atom is -0.449 e. The first-order chi connectivity index (χ1) is 7.84. The minimum atomic E-state index is -0.794. The second kappa shape index (κ2) is 4.99. The molecule has 17 heavy (non-hydrogen) atoms. The molecule has 1 rings (SSSR count). The summed E-state index contributed by atoms with van der Waals surface area (Å²) in [6.07, 6.45) is 0.641. The van der Waals surface area contributed by atoms with Crippen molar-refractivity contribution in [2.45, 2.75) is 20.0 Å². The Hall–Kier alpha value is -1.85. The van der Waals surface area contributed by atoms with Gasteiger partial charge in [-0.25, -0.2) is 4.79 Å². The quantitative estimate of drug-likeness (QED) is 0.714. The Bertz CT molecular complexity index is 437. The molecule has 0 aliphatic rings. The van der Waals surface area contributed by atoms with Crippen molar-refractivity contribution in [1.82, 2.24) is 14.7 Å². The molecule has 0 fully saturated rings. The zero-order chi connectivity index (χ0) is 13.2. The molecule has 1 amide bonds. The number of amides is 1. The van der Waals surface area contributed by atoms with Crippen LogP contribution in [0.3, 0.4) is 0 Å². The first-order valence-corrected chi connectivity index (χ1v) is 5.25. The number of hydrogen-bond acceptors (Lipinski definition) is 4. The number of esters is 1. The summed E-state index contributed by atoms with van der Waals surface area (Å²) in [4.78, 5) is 24.7. The van der Waals surface area contributed by atoms with Crippen LogP contribution in [-0.4, -0.2) is 46.8 Å². The molecule has 0 radical (unpaired) electrons. The van der Waals surface area contributed by atoms with E-state index < -0.39 is 12.1 Å². The van der Waals surface area contributed by atoms with Gasteiger partial charge in [0, 0.05) is 26.8 Å². The highest BCUT2D eigenvalue weighted by atomic mass is 16.5. The molecule has 6 heteroatoms. The molecular formula is C11H17N3O3. The number of rotatable bonds is 3. The fourth-order valence-electron chi connectivity index (χ4n) is 1.34. The summed E-state index contributed by atoms with van der Waals surface area (Å²) in [5, 5.41) is 3.94. The molecule has 0 saturated carbocycles. The lowest BCUT2D eigenvalue weighted by molar-refractivity contribution is -0.137. The second-order valence-corrected chi connectivity index (χ2v) is 4.05. The third-order valence-electron chi connectivity index (χ3n) is 2.53. The average Bonchev–Trinajstić information content (AvgIpc) is 2.58. The largest absolute Gasteiger partial charge is 0.449 e. The van der Waals surface area contributed by atoms with Gasteiger partial charge in [-0.2, -0.15) is 5.10 Å². The van der Waals surface area contributed by atoms with E-state index in [4.69, 9.17) is 4.74 Å². The van der Waals surface area contributed by atoms with Crippen LogP contribution in [0.2, 0.25) is 0 Å². The van der Waals surface area contributed by atoms with Crippen LogP contribution in [0.25, 0.3) is 0 Å². The predicted octanol–water partition coefficient (Wildman–Crippen LogP) is 0.362. The summed E-state index contributed by atoms with van der Waals surface area (Å²) in [7, 11) is 4.96. The van der Waals surface area contributed by atoms with Crippen molar-refractivity contribution in [3.8, 4) is 0 Å².